The van der Waals surface area contributed by atoms with E-state index in [4.69, 9.17) is 9.47 Å². The van der Waals surface area contributed by atoms with Gasteiger partial charge in [0, 0.05) is 11.7 Å². The lowest BCUT2D eigenvalue weighted by atomic mass is 9.94. The number of anilines is 1. The number of nitrogens with zero attached hydrogens (tertiary/aromatic N) is 1. The molecule has 0 aliphatic heterocycles. The van der Waals surface area contributed by atoms with Crippen LogP contribution in [0.3, 0.4) is 0 Å². The number of carbonyl (C=O) groups excluding carboxylic acids is 3. The highest BCUT2D eigenvalue weighted by atomic mass is 16.6. The number of methoxy groups -OCH3 is 1. The summed E-state index contributed by atoms with van der Waals surface area (Å²) in [6.07, 6.45) is 1.14. The van der Waals surface area contributed by atoms with E-state index in [1.165, 1.54) is 6.07 Å². The number of phenolic OH excluding ortho intramolecular Hbond substituents is 1. The first kappa shape index (κ1) is 35.4. The zero-order chi connectivity index (χ0) is 32.5. The highest BCUT2D eigenvalue weighted by Gasteiger charge is 2.39. The summed E-state index contributed by atoms with van der Waals surface area (Å²) in [5.41, 5.74) is 0.919. The Bertz CT molecular complexity index is 1220. The first-order valence-electron chi connectivity index (χ1n) is 15.1. The SMILES string of the molecule is COc1ccc(NC(=O)C(c2ccc(O)c(C)c2)N(C(=O)C(CC(C)C)NC(=O)OC(C)(C)C)C(C)CCC(C)C)cc1. The summed E-state index contributed by atoms with van der Waals surface area (Å²) in [5, 5.41) is 16.0. The van der Waals surface area contributed by atoms with Crippen LogP contribution in [0, 0.1) is 18.8 Å². The number of carbonyl (C=O) groups is 3. The Hall–Kier alpha value is -3.75. The van der Waals surface area contributed by atoms with Crippen molar-refractivity contribution in [2.75, 3.05) is 12.4 Å². The van der Waals surface area contributed by atoms with Crippen molar-refractivity contribution in [3.05, 3.63) is 53.6 Å². The fourth-order valence-corrected chi connectivity index (χ4v) is 4.81. The van der Waals surface area contributed by atoms with Gasteiger partial charge in [0.1, 0.15) is 29.2 Å². The smallest absolute Gasteiger partial charge is 0.408 e. The summed E-state index contributed by atoms with van der Waals surface area (Å²) in [6, 6.07) is 9.54. The minimum Gasteiger partial charge on any atom is -0.508 e. The summed E-state index contributed by atoms with van der Waals surface area (Å²) < 4.78 is 10.7. The number of benzene rings is 2. The van der Waals surface area contributed by atoms with Gasteiger partial charge in [-0.2, -0.15) is 0 Å². The summed E-state index contributed by atoms with van der Waals surface area (Å²) in [7, 11) is 1.57. The molecule has 2 aromatic rings. The van der Waals surface area contributed by atoms with Gasteiger partial charge in [-0.3, -0.25) is 9.59 Å². The van der Waals surface area contributed by atoms with Crippen molar-refractivity contribution in [3.63, 3.8) is 0 Å². The monoisotopic (exact) mass is 597 g/mol. The zero-order valence-corrected chi connectivity index (χ0v) is 27.5. The van der Waals surface area contributed by atoms with Crippen LogP contribution in [0.1, 0.15) is 91.8 Å². The number of amides is 3. The van der Waals surface area contributed by atoms with Gasteiger partial charge in [-0.15, -0.1) is 0 Å². The van der Waals surface area contributed by atoms with Crippen molar-refractivity contribution in [1.29, 1.82) is 0 Å². The molecule has 0 aliphatic rings. The number of alkyl carbamates (subject to hydrolysis) is 1. The molecule has 43 heavy (non-hydrogen) atoms. The maximum Gasteiger partial charge on any atom is 0.408 e. The second kappa shape index (κ2) is 15.6. The summed E-state index contributed by atoms with van der Waals surface area (Å²) >= 11 is 0. The van der Waals surface area contributed by atoms with Crippen LogP contribution in [-0.4, -0.2) is 52.7 Å². The molecular weight excluding hydrogens is 546 g/mol. The van der Waals surface area contributed by atoms with E-state index in [-0.39, 0.29) is 23.6 Å². The average Bonchev–Trinajstić information content (AvgIpc) is 2.90. The van der Waals surface area contributed by atoms with Crippen LogP contribution >= 0.6 is 0 Å². The molecule has 3 unspecified atom stereocenters. The highest BCUT2D eigenvalue weighted by Crippen LogP contribution is 2.32. The van der Waals surface area contributed by atoms with Gasteiger partial charge in [-0.25, -0.2) is 4.79 Å². The molecule has 2 rings (SSSR count). The summed E-state index contributed by atoms with van der Waals surface area (Å²) in [6.45, 7) is 17.1. The molecule has 0 heterocycles. The Balaban J connectivity index is 2.65. The predicted molar refractivity (Wildman–Crippen MR) is 170 cm³/mol. The fourth-order valence-electron chi connectivity index (χ4n) is 4.81. The van der Waals surface area contributed by atoms with Gasteiger partial charge in [0.05, 0.1) is 7.11 Å². The molecule has 9 nitrogen and oxygen atoms in total. The molecule has 0 aromatic heterocycles. The summed E-state index contributed by atoms with van der Waals surface area (Å²) in [5.74, 6) is 0.394. The quantitative estimate of drug-likeness (QED) is 0.229. The van der Waals surface area contributed by atoms with E-state index < -0.39 is 29.7 Å². The third-order valence-corrected chi connectivity index (χ3v) is 7.01. The molecule has 0 fully saturated rings. The van der Waals surface area contributed by atoms with Crippen LogP contribution in [0.25, 0.3) is 0 Å². The topological polar surface area (TPSA) is 117 Å². The predicted octanol–water partition coefficient (Wildman–Crippen LogP) is 6.98. The number of phenols is 1. The largest absolute Gasteiger partial charge is 0.508 e. The Morgan fingerprint density at radius 2 is 1.56 bits per heavy atom. The minimum atomic E-state index is -1.05. The molecule has 0 aliphatic carbocycles. The zero-order valence-electron chi connectivity index (χ0n) is 27.5. The van der Waals surface area contributed by atoms with Crippen LogP contribution < -0.4 is 15.4 Å². The molecule has 0 spiro atoms. The number of hydrogen-bond acceptors (Lipinski definition) is 6. The van der Waals surface area contributed by atoms with E-state index >= 15 is 0 Å². The number of ether oxygens (including phenoxy) is 2. The lowest BCUT2D eigenvalue weighted by molar-refractivity contribution is -0.144. The maximum atomic E-state index is 14.6. The third kappa shape index (κ3) is 11.1. The molecule has 0 saturated carbocycles. The van der Waals surface area contributed by atoms with Crippen LogP contribution in [0.2, 0.25) is 0 Å². The molecule has 3 N–H and O–H groups in total. The lowest BCUT2D eigenvalue weighted by Gasteiger charge is -2.39. The van der Waals surface area contributed by atoms with E-state index in [1.807, 2.05) is 20.8 Å². The molecular formula is C34H51N3O6. The van der Waals surface area contributed by atoms with Gasteiger partial charge in [0.2, 0.25) is 5.91 Å². The van der Waals surface area contributed by atoms with Crippen molar-refractivity contribution in [2.24, 2.45) is 11.8 Å². The molecule has 0 saturated heterocycles. The third-order valence-electron chi connectivity index (χ3n) is 7.01. The van der Waals surface area contributed by atoms with Crippen molar-refractivity contribution >= 4 is 23.6 Å². The number of hydrogen-bond donors (Lipinski definition) is 3. The first-order valence-corrected chi connectivity index (χ1v) is 15.1. The Morgan fingerprint density at radius 1 is 0.930 bits per heavy atom. The van der Waals surface area contributed by atoms with Crippen molar-refractivity contribution < 1.29 is 29.0 Å². The van der Waals surface area contributed by atoms with Gasteiger partial charge >= 0.3 is 6.09 Å². The van der Waals surface area contributed by atoms with E-state index in [2.05, 4.69) is 24.5 Å². The second-order valence-corrected chi connectivity index (χ2v) is 13.1. The van der Waals surface area contributed by atoms with E-state index in [9.17, 15) is 19.5 Å². The molecule has 0 radical (unpaired) electrons. The Kier molecular flexibility index (Phi) is 12.9. The van der Waals surface area contributed by atoms with Gasteiger partial charge in [-0.05, 0) is 113 Å². The van der Waals surface area contributed by atoms with Crippen LogP contribution in [0.4, 0.5) is 10.5 Å². The number of aromatic hydroxyl groups is 1. The molecule has 3 amide bonds. The molecule has 9 heteroatoms. The van der Waals surface area contributed by atoms with Crippen molar-refractivity contribution in [3.8, 4) is 11.5 Å². The number of nitrogens with one attached hydrogen (secondary N) is 2. The number of aryl methyl sites for hydroxylation is 1. The molecule has 2 aromatic carbocycles. The Morgan fingerprint density at radius 3 is 2.07 bits per heavy atom. The van der Waals surface area contributed by atoms with Crippen molar-refractivity contribution in [1.82, 2.24) is 10.2 Å². The van der Waals surface area contributed by atoms with E-state index in [1.54, 1.807) is 76.1 Å². The van der Waals surface area contributed by atoms with Crippen LogP contribution in [-0.2, 0) is 14.3 Å². The Labute approximate surface area is 257 Å². The standard InChI is InChI=1S/C34H51N3O6/c1-21(2)11-12-24(6)37(32(40)28(19-22(3)4)36-33(41)43-34(7,8)9)30(25-13-18-29(38)23(5)20-25)31(39)35-26-14-16-27(42-10)17-15-26/h13-18,20-22,24,28,30,38H,11-12,19H2,1-10H3,(H,35,39)(H,36,41). The molecule has 3 atom stereocenters. The van der Waals surface area contributed by atoms with E-state index in [0.717, 1.165) is 6.42 Å². The first-order chi connectivity index (χ1) is 20.0. The lowest BCUT2D eigenvalue weighted by Crippen LogP contribution is -2.55. The van der Waals surface area contributed by atoms with Crippen molar-refractivity contribution in [2.45, 2.75) is 105 Å². The van der Waals surface area contributed by atoms with Crippen LogP contribution in [0.5, 0.6) is 11.5 Å². The number of rotatable bonds is 13. The van der Waals surface area contributed by atoms with Gasteiger partial charge in [0.15, 0.2) is 0 Å². The van der Waals surface area contributed by atoms with Gasteiger partial charge < -0.3 is 30.1 Å². The highest BCUT2D eigenvalue weighted by molar-refractivity contribution is 5.99. The molecule has 238 valence electrons. The fraction of sp³-hybridized carbons (Fsp3) is 0.559. The van der Waals surface area contributed by atoms with E-state index in [0.29, 0.717) is 41.3 Å². The summed E-state index contributed by atoms with van der Waals surface area (Å²) in [4.78, 5) is 43.3. The molecule has 0 bridgehead atoms. The minimum absolute atomic E-state index is 0.0687. The average molecular weight is 598 g/mol. The maximum absolute atomic E-state index is 14.6. The van der Waals surface area contributed by atoms with Gasteiger partial charge in [0.25, 0.3) is 5.91 Å². The normalized spacial score (nSPS) is 13.7. The van der Waals surface area contributed by atoms with Gasteiger partial charge in [-0.1, -0.05) is 33.8 Å². The van der Waals surface area contributed by atoms with Crippen LogP contribution in [0.15, 0.2) is 42.5 Å². The second-order valence-electron chi connectivity index (χ2n) is 13.1.